The Morgan fingerprint density at radius 3 is 2.66 bits per heavy atom. The number of hydroxylamine groups is 2. The number of cyclic esters (lactones) is 1. The Labute approximate surface area is 185 Å². The van der Waals surface area contributed by atoms with Crippen molar-refractivity contribution in [3.05, 3.63) is 47.5 Å². The molecule has 2 aliphatic rings. The zero-order valence-electron chi connectivity index (χ0n) is 17.9. The predicted octanol–water partition coefficient (Wildman–Crippen LogP) is 0.0316. The number of carbonyl (C=O) groups excluding carboxylic acids is 4. The maximum Gasteiger partial charge on any atom is 0.308 e. The number of ether oxygens (including phenoxy) is 1. The summed E-state index contributed by atoms with van der Waals surface area (Å²) in [5, 5.41) is 13.4. The molecule has 0 spiro atoms. The van der Waals surface area contributed by atoms with Gasteiger partial charge in [-0.15, -0.1) is 0 Å². The third kappa shape index (κ3) is 5.71. The molecule has 2 unspecified atom stereocenters. The van der Waals surface area contributed by atoms with Crippen molar-refractivity contribution in [3.63, 3.8) is 0 Å². The molecule has 0 saturated carbocycles. The number of aliphatic hydroxyl groups excluding tert-OH is 1. The molecule has 1 aromatic rings. The molecule has 1 aromatic carbocycles. The van der Waals surface area contributed by atoms with Gasteiger partial charge in [0.15, 0.2) is 0 Å². The molecular weight excluding hydrogens is 418 g/mol. The Balaban J connectivity index is 1.73. The van der Waals surface area contributed by atoms with E-state index in [0.717, 1.165) is 5.06 Å². The first-order valence-corrected chi connectivity index (χ1v) is 10.5. The molecule has 2 aliphatic heterocycles. The third-order valence-electron chi connectivity index (χ3n) is 5.20. The number of hydrogen-bond acceptors (Lipinski definition) is 7. The molecule has 3 amide bonds. The summed E-state index contributed by atoms with van der Waals surface area (Å²) in [5.41, 5.74) is 0.969. The van der Waals surface area contributed by atoms with E-state index in [1.54, 1.807) is 43.3 Å². The molecular formula is C22H27N3O7. The number of esters is 1. The maximum atomic E-state index is 13.2. The van der Waals surface area contributed by atoms with Gasteiger partial charge in [0.2, 0.25) is 5.91 Å². The van der Waals surface area contributed by atoms with Crippen LogP contribution in [0.25, 0.3) is 0 Å². The number of nitrogens with zero attached hydrogens (tertiary/aromatic N) is 2. The smallest absolute Gasteiger partial charge is 0.308 e. The average molecular weight is 445 g/mol. The molecule has 1 saturated heterocycles. The van der Waals surface area contributed by atoms with Gasteiger partial charge in [0.25, 0.3) is 11.8 Å². The van der Waals surface area contributed by atoms with Gasteiger partial charge in [0, 0.05) is 12.1 Å². The van der Waals surface area contributed by atoms with E-state index in [-0.39, 0.29) is 45.8 Å². The summed E-state index contributed by atoms with van der Waals surface area (Å²) in [7, 11) is 0. The Morgan fingerprint density at radius 1 is 1.28 bits per heavy atom. The summed E-state index contributed by atoms with van der Waals surface area (Å²) in [5.74, 6) is -1.80. The van der Waals surface area contributed by atoms with Gasteiger partial charge in [-0.3, -0.25) is 24.0 Å². The van der Waals surface area contributed by atoms with Crippen molar-refractivity contribution in [1.82, 2.24) is 15.3 Å². The molecule has 0 radical (unpaired) electrons. The second-order valence-corrected chi connectivity index (χ2v) is 7.52. The van der Waals surface area contributed by atoms with E-state index in [9.17, 15) is 24.3 Å². The van der Waals surface area contributed by atoms with E-state index in [4.69, 9.17) is 9.57 Å². The molecule has 0 aromatic heterocycles. The minimum atomic E-state index is -0.892. The van der Waals surface area contributed by atoms with Crippen LogP contribution in [0.3, 0.4) is 0 Å². The van der Waals surface area contributed by atoms with Crippen LogP contribution in [-0.4, -0.2) is 83.8 Å². The van der Waals surface area contributed by atoms with Crippen molar-refractivity contribution in [2.24, 2.45) is 0 Å². The summed E-state index contributed by atoms with van der Waals surface area (Å²) in [6.07, 6.45) is 1.90. The van der Waals surface area contributed by atoms with Gasteiger partial charge < -0.3 is 20.1 Å². The highest BCUT2D eigenvalue weighted by Gasteiger charge is 2.36. The van der Waals surface area contributed by atoms with Gasteiger partial charge in [-0.25, -0.2) is 5.06 Å². The van der Waals surface area contributed by atoms with Gasteiger partial charge in [0.05, 0.1) is 19.6 Å². The van der Waals surface area contributed by atoms with Crippen LogP contribution in [0.2, 0.25) is 0 Å². The van der Waals surface area contributed by atoms with Crippen LogP contribution in [0, 0.1) is 0 Å². The number of rotatable bonds is 8. The quantitative estimate of drug-likeness (QED) is 0.329. The average Bonchev–Trinajstić information content (AvgIpc) is 3.17. The fourth-order valence-electron chi connectivity index (χ4n) is 3.60. The Hall–Kier alpha value is -3.24. The second kappa shape index (κ2) is 10.9. The highest BCUT2D eigenvalue weighted by Crippen LogP contribution is 2.17. The topological polar surface area (TPSA) is 125 Å². The molecule has 2 N–H and O–H groups in total. The highest BCUT2D eigenvalue weighted by molar-refractivity contribution is 5.98. The number of hydrogen-bond donors (Lipinski definition) is 2. The van der Waals surface area contributed by atoms with Crippen molar-refractivity contribution < 1.29 is 33.9 Å². The lowest BCUT2D eigenvalue weighted by Gasteiger charge is -2.30. The SMILES string of the molecule is CCON(C(=O)CN1CC(CO)=CCC(NC(=O)c2ccccc2)C1=O)C1COC(=O)C1. The lowest BCUT2D eigenvalue weighted by molar-refractivity contribution is -0.199. The minimum Gasteiger partial charge on any atom is -0.463 e. The molecule has 0 aliphatic carbocycles. The number of aliphatic hydroxyl groups is 1. The van der Waals surface area contributed by atoms with Crippen LogP contribution < -0.4 is 5.32 Å². The number of nitrogens with one attached hydrogen (secondary N) is 1. The van der Waals surface area contributed by atoms with Crippen molar-refractivity contribution in [1.29, 1.82) is 0 Å². The fourth-order valence-corrected chi connectivity index (χ4v) is 3.60. The molecule has 1 fully saturated rings. The van der Waals surface area contributed by atoms with Crippen molar-refractivity contribution in [2.75, 3.05) is 32.9 Å². The third-order valence-corrected chi connectivity index (χ3v) is 5.20. The van der Waals surface area contributed by atoms with Gasteiger partial charge in [-0.2, -0.15) is 0 Å². The first kappa shape index (κ1) is 23.4. The summed E-state index contributed by atoms with van der Waals surface area (Å²) >= 11 is 0. The van der Waals surface area contributed by atoms with E-state index in [0.29, 0.717) is 11.1 Å². The first-order valence-electron chi connectivity index (χ1n) is 10.5. The molecule has 10 heteroatoms. The van der Waals surface area contributed by atoms with Crippen LogP contribution in [0.4, 0.5) is 0 Å². The number of benzene rings is 1. The Morgan fingerprint density at radius 2 is 2.03 bits per heavy atom. The molecule has 3 rings (SSSR count). The van der Waals surface area contributed by atoms with Gasteiger partial charge in [0.1, 0.15) is 25.2 Å². The number of carbonyl (C=O) groups is 4. The second-order valence-electron chi connectivity index (χ2n) is 7.52. The summed E-state index contributed by atoms with van der Waals surface area (Å²) in [4.78, 5) is 56.9. The van der Waals surface area contributed by atoms with Crippen LogP contribution in [-0.2, 0) is 24.0 Å². The molecule has 2 heterocycles. The van der Waals surface area contributed by atoms with Crippen LogP contribution in [0.15, 0.2) is 42.0 Å². The maximum absolute atomic E-state index is 13.2. The van der Waals surface area contributed by atoms with Gasteiger partial charge in [-0.05, 0) is 31.1 Å². The summed E-state index contributed by atoms with van der Waals surface area (Å²) in [6.45, 7) is 1.35. The molecule has 0 bridgehead atoms. The Kier molecular flexibility index (Phi) is 7.96. The lowest BCUT2D eigenvalue weighted by Crippen LogP contribution is -2.52. The zero-order chi connectivity index (χ0) is 23.1. The summed E-state index contributed by atoms with van der Waals surface area (Å²) < 4.78 is 4.93. The van der Waals surface area contributed by atoms with Gasteiger partial charge in [-0.1, -0.05) is 24.3 Å². The van der Waals surface area contributed by atoms with E-state index >= 15 is 0 Å². The van der Waals surface area contributed by atoms with E-state index in [2.05, 4.69) is 5.32 Å². The normalized spacial score (nSPS) is 20.9. The van der Waals surface area contributed by atoms with Crippen molar-refractivity contribution in [2.45, 2.75) is 31.8 Å². The molecule has 2 atom stereocenters. The van der Waals surface area contributed by atoms with E-state index in [1.165, 1.54) is 4.90 Å². The summed E-state index contributed by atoms with van der Waals surface area (Å²) in [6, 6.07) is 7.03. The Bertz CT molecular complexity index is 887. The van der Waals surface area contributed by atoms with Crippen LogP contribution >= 0.6 is 0 Å². The van der Waals surface area contributed by atoms with Crippen LogP contribution in [0.1, 0.15) is 30.1 Å². The van der Waals surface area contributed by atoms with E-state index < -0.39 is 35.8 Å². The van der Waals surface area contributed by atoms with Crippen molar-refractivity contribution >= 4 is 23.7 Å². The highest BCUT2D eigenvalue weighted by atomic mass is 16.7. The number of amides is 3. The van der Waals surface area contributed by atoms with Gasteiger partial charge >= 0.3 is 5.97 Å². The minimum absolute atomic E-state index is 0.0111. The lowest BCUT2D eigenvalue weighted by atomic mass is 10.1. The standard InChI is InChI=1S/C22H27N3O7/c1-2-32-25(17-10-20(28)31-14-17)19(27)12-24-11-15(13-26)8-9-18(22(24)30)23-21(29)16-6-4-3-5-7-16/h3-8,17-18,26H,2,9-14H2,1H3,(H,23,29). The molecule has 172 valence electrons. The zero-order valence-corrected chi connectivity index (χ0v) is 17.9. The fraction of sp³-hybridized carbons (Fsp3) is 0.455. The predicted molar refractivity (Wildman–Crippen MR) is 112 cm³/mol. The van der Waals surface area contributed by atoms with Crippen molar-refractivity contribution in [3.8, 4) is 0 Å². The van der Waals surface area contributed by atoms with E-state index in [1.807, 2.05) is 0 Å². The molecule has 32 heavy (non-hydrogen) atoms. The largest absolute Gasteiger partial charge is 0.463 e. The van der Waals surface area contributed by atoms with Crippen LogP contribution in [0.5, 0.6) is 0 Å². The first-order chi connectivity index (χ1) is 15.4. The monoisotopic (exact) mass is 445 g/mol. The molecule has 10 nitrogen and oxygen atoms in total.